The van der Waals surface area contributed by atoms with Gasteiger partial charge in [-0.3, -0.25) is 4.79 Å². The second-order valence-corrected chi connectivity index (χ2v) is 10.5. The summed E-state index contributed by atoms with van der Waals surface area (Å²) in [6.07, 6.45) is -3.30. The molecule has 3 fully saturated rings. The SMILES string of the molecule is CC(C)[C@H]1CO[C@]23CCN(S(=O)(=O)c4ccc(C(F)(F)F)cc4)C[C@H]2CCC(=O)N13. The number of halogens is 3. The van der Waals surface area contributed by atoms with Crippen LogP contribution in [0.5, 0.6) is 0 Å². The molecule has 10 heteroatoms. The van der Waals surface area contributed by atoms with Gasteiger partial charge in [0.25, 0.3) is 0 Å². The predicted molar refractivity (Wildman–Crippen MR) is 102 cm³/mol. The lowest BCUT2D eigenvalue weighted by molar-refractivity contribution is -0.187. The van der Waals surface area contributed by atoms with Crippen LogP contribution in [-0.2, 0) is 25.7 Å². The van der Waals surface area contributed by atoms with Crippen molar-refractivity contribution >= 4 is 15.9 Å². The average molecular weight is 446 g/mol. The average Bonchev–Trinajstić information content (AvgIpc) is 3.08. The summed E-state index contributed by atoms with van der Waals surface area (Å²) in [6.45, 7) is 4.83. The molecule has 1 aromatic carbocycles. The number of sulfonamides is 1. The van der Waals surface area contributed by atoms with Gasteiger partial charge >= 0.3 is 6.18 Å². The quantitative estimate of drug-likeness (QED) is 0.716. The molecule has 1 amide bonds. The van der Waals surface area contributed by atoms with E-state index in [2.05, 4.69) is 0 Å². The Morgan fingerprint density at radius 2 is 1.87 bits per heavy atom. The Bertz CT molecular complexity index is 932. The highest BCUT2D eigenvalue weighted by atomic mass is 32.2. The van der Waals surface area contributed by atoms with Crippen LogP contribution in [0.15, 0.2) is 29.2 Å². The van der Waals surface area contributed by atoms with Crippen molar-refractivity contribution in [1.29, 1.82) is 0 Å². The molecule has 166 valence electrons. The zero-order valence-electron chi connectivity index (χ0n) is 16.9. The van der Waals surface area contributed by atoms with Gasteiger partial charge in [-0.2, -0.15) is 17.5 Å². The summed E-state index contributed by atoms with van der Waals surface area (Å²) in [5, 5.41) is 0. The van der Waals surface area contributed by atoms with E-state index in [0.29, 0.717) is 25.9 Å². The molecule has 0 aromatic heterocycles. The molecule has 0 N–H and O–H groups in total. The molecule has 1 aromatic rings. The van der Waals surface area contributed by atoms with Gasteiger partial charge in [-0.25, -0.2) is 8.42 Å². The predicted octanol–water partition coefficient (Wildman–Crippen LogP) is 3.09. The standard InChI is InChI=1S/C20H25F3N2O4S/c1-13(2)17-12-29-19-9-10-24(11-15(19)5-8-18(26)25(17)19)30(27,28)16-6-3-14(4-7-16)20(21,22)23/h3-4,6-7,13,15,17H,5,8-12H2,1-2H3/t15-,17-,19-/m1/s1. The fraction of sp³-hybridized carbons (Fsp3) is 0.650. The Morgan fingerprint density at radius 3 is 2.47 bits per heavy atom. The topological polar surface area (TPSA) is 66.9 Å². The van der Waals surface area contributed by atoms with Crippen LogP contribution in [0.3, 0.4) is 0 Å². The molecule has 3 aliphatic rings. The van der Waals surface area contributed by atoms with Gasteiger partial charge in [0.1, 0.15) is 5.72 Å². The Hall–Kier alpha value is -1.65. The molecule has 0 radical (unpaired) electrons. The molecule has 3 saturated heterocycles. The summed E-state index contributed by atoms with van der Waals surface area (Å²) in [4.78, 5) is 14.4. The zero-order valence-corrected chi connectivity index (χ0v) is 17.7. The summed E-state index contributed by atoms with van der Waals surface area (Å²) in [5.74, 6) is 0.0967. The van der Waals surface area contributed by atoms with E-state index in [0.717, 1.165) is 24.3 Å². The Morgan fingerprint density at radius 1 is 1.20 bits per heavy atom. The minimum atomic E-state index is -4.52. The third-order valence-corrected chi connectivity index (χ3v) is 8.47. The molecule has 30 heavy (non-hydrogen) atoms. The number of carbonyl (C=O) groups excluding carboxylic acids is 1. The maximum Gasteiger partial charge on any atom is 0.416 e. The lowest BCUT2D eigenvalue weighted by atomic mass is 9.80. The molecule has 0 bridgehead atoms. The lowest BCUT2D eigenvalue weighted by Crippen LogP contribution is -2.65. The molecular formula is C20H25F3N2O4S. The highest BCUT2D eigenvalue weighted by Gasteiger charge is 2.60. The molecule has 0 saturated carbocycles. The number of amides is 1. The third-order valence-electron chi connectivity index (χ3n) is 6.59. The number of carbonyl (C=O) groups is 1. The molecule has 3 heterocycles. The van der Waals surface area contributed by atoms with E-state index in [1.807, 2.05) is 18.7 Å². The van der Waals surface area contributed by atoms with Gasteiger partial charge in [0.15, 0.2) is 0 Å². The largest absolute Gasteiger partial charge is 0.416 e. The van der Waals surface area contributed by atoms with Crippen molar-refractivity contribution in [3.05, 3.63) is 29.8 Å². The number of nitrogens with zero attached hydrogens (tertiary/aromatic N) is 2. The first-order chi connectivity index (χ1) is 14.0. The fourth-order valence-electron chi connectivity index (χ4n) is 4.94. The summed E-state index contributed by atoms with van der Waals surface area (Å²) in [7, 11) is -3.94. The van der Waals surface area contributed by atoms with Gasteiger partial charge in [0.2, 0.25) is 15.9 Å². The van der Waals surface area contributed by atoms with Gasteiger partial charge in [0.05, 0.1) is 23.1 Å². The number of rotatable bonds is 3. The second-order valence-electron chi connectivity index (χ2n) is 8.60. The van der Waals surface area contributed by atoms with E-state index >= 15 is 0 Å². The van der Waals surface area contributed by atoms with Crippen molar-refractivity contribution in [2.75, 3.05) is 19.7 Å². The van der Waals surface area contributed by atoms with Crippen molar-refractivity contribution in [2.45, 2.75) is 55.9 Å². The summed E-state index contributed by atoms with van der Waals surface area (Å²) in [5.41, 5.74) is -1.67. The molecule has 1 spiro atoms. The van der Waals surface area contributed by atoms with Gasteiger partial charge in [0, 0.05) is 31.8 Å². The normalized spacial score (nSPS) is 30.5. The Balaban J connectivity index is 1.58. The van der Waals surface area contributed by atoms with E-state index in [4.69, 9.17) is 4.74 Å². The first kappa shape index (κ1) is 21.6. The van der Waals surface area contributed by atoms with Crippen LogP contribution in [0, 0.1) is 11.8 Å². The van der Waals surface area contributed by atoms with Crippen molar-refractivity contribution < 1.29 is 31.1 Å². The maximum atomic E-state index is 13.1. The fourth-order valence-corrected chi connectivity index (χ4v) is 6.42. The van der Waals surface area contributed by atoms with E-state index in [1.54, 1.807) is 0 Å². The van der Waals surface area contributed by atoms with Crippen LogP contribution in [0.25, 0.3) is 0 Å². The zero-order chi connectivity index (χ0) is 21.9. The number of ether oxygens (including phenoxy) is 1. The number of hydrogen-bond donors (Lipinski definition) is 0. The number of alkyl halides is 3. The van der Waals surface area contributed by atoms with Crippen molar-refractivity contribution in [1.82, 2.24) is 9.21 Å². The van der Waals surface area contributed by atoms with Crippen LogP contribution in [0.1, 0.15) is 38.7 Å². The van der Waals surface area contributed by atoms with Crippen LogP contribution < -0.4 is 0 Å². The van der Waals surface area contributed by atoms with Gasteiger partial charge in [-0.15, -0.1) is 0 Å². The van der Waals surface area contributed by atoms with Gasteiger partial charge < -0.3 is 9.64 Å². The highest BCUT2D eigenvalue weighted by molar-refractivity contribution is 7.89. The minimum absolute atomic E-state index is 0.0293. The van der Waals surface area contributed by atoms with E-state index in [-0.39, 0.29) is 41.8 Å². The van der Waals surface area contributed by atoms with E-state index in [1.165, 1.54) is 4.31 Å². The van der Waals surface area contributed by atoms with Crippen molar-refractivity contribution in [2.24, 2.45) is 11.8 Å². The number of hydrogen-bond acceptors (Lipinski definition) is 4. The second kappa shape index (κ2) is 7.20. The molecular weight excluding hydrogens is 421 g/mol. The lowest BCUT2D eigenvalue weighted by Gasteiger charge is -2.52. The summed E-state index contributed by atoms with van der Waals surface area (Å²) < 4.78 is 72.0. The highest BCUT2D eigenvalue weighted by Crippen LogP contribution is 2.48. The summed E-state index contributed by atoms with van der Waals surface area (Å²) in [6, 6.07) is 3.54. The Labute approximate surface area is 174 Å². The molecule has 3 aliphatic heterocycles. The van der Waals surface area contributed by atoms with E-state index < -0.39 is 27.5 Å². The Kier molecular flexibility index (Phi) is 5.18. The van der Waals surface area contributed by atoms with Crippen LogP contribution in [-0.4, -0.2) is 55.0 Å². The van der Waals surface area contributed by atoms with Crippen LogP contribution >= 0.6 is 0 Å². The van der Waals surface area contributed by atoms with Crippen molar-refractivity contribution in [3.8, 4) is 0 Å². The van der Waals surface area contributed by atoms with Gasteiger partial charge in [-0.05, 0) is 36.6 Å². The first-order valence-corrected chi connectivity index (χ1v) is 11.5. The van der Waals surface area contributed by atoms with E-state index in [9.17, 15) is 26.4 Å². The molecule has 0 aliphatic carbocycles. The first-order valence-electron chi connectivity index (χ1n) is 10.1. The molecule has 4 rings (SSSR count). The van der Waals surface area contributed by atoms with Crippen LogP contribution in [0.2, 0.25) is 0 Å². The molecule has 0 unspecified atom stereocenters. The monoisotopic (exact) mass is 446 g/mol. The third kappa shape index (κ3) is 3.33. The number of piperidine rings is 2. The smallest absolute Gasteiger partial charge is 0.353 e. The van der Waals surface area contributed by atoms with Gasteiger partial charge in [-0.1, -0.05) is 13.8 Å². The molecule has 6 nitrogen and oxygen atoms in total. The van der Waals surface area contributed by atoms with Crippen LogP contribution in [0.4, 0.5) is 13.2 Å². The van der Waals surface area contributed by atoms with Crippen molar-refractivity contribution in [3.63, 3.8) is 0 Å². The molecule has 3 atom stereocenters. The maximum absolute atomic E-state index is 13.1. The number of benzene rings is 1. The minimum Gasteiger partial charge on any atom is -0.353 e. The summed E-state index contributed by atoms with van der Waals surface area (Å²) >= 11 is 0.